The van der Waals surface area contributed by atoms with Crippen LogP contribution in [0.4, 0.5) is 10.1 Å². The molecular weight excluding hydrogens is 247 g/mol. The van der Waals surface area contributed by atoms with E-state index in [4.69, 9.17) is 5.11 Å². The van der Waals surface area contributed by atoms with Gasteiger partial charge in [-0.15, -0.1) is 0 Å². The molecule has 0 amide bonds. The highest BCUT2D eigenvalue weighted by Gasteiger charge is 2.08. The maximum Gasteiger partial charge on any atom is 0.328 e. The van der Waals surface area contributed by atoms with E-state index in [1.165, 1.54) is 12.1 Å². The van der Waals surface area contributed by atoms with E-state index >= 15 is 0 Å². The van der Waals surface area contributed by atoms with Crippen molar-refractivity contribution in [1.82, 2.24) is 4.90 Å². The first kappa shape index (κ1) is 15.2. The van der Waals surface area contributed by atoms with E-state index < -0.39 is 5.97 Å². The average molecular weight is 266 g/mol. The normalized spacial score (nSPS) is 11.2. The molecule has 0 radical (unpaired) electrons. The molecule has 4 nitrogen and oxygen atoms in total. The summed E-state index contributed by atoms with van der Waals surface area (Å²) in [6, 6.07) is 4.69. The minimum absolute atomic E-state index is 0.353. The predicted octanol–water partition coefficient (Wildman–Crippen LogP) is 1.92. The molecule has 0 aliphatic heterocycles. The maximum absolute atomic E-state index is 13.9. The second-order valence-electron chi connectivity index (χ2n) is 4.61. The van der Waals surface area contributed by atoms with Gasteiger partial charge in [0.15, 0.2) is 0 Å². The minimum atomic E-state index is -1.05. The summed E-state index contributed by atoms with van der Waals surface area (Å²) in [6.45, 7) is 1.55. The topological polar surface area (TPSA) is 43.8 Å². The van der Waals surface area contributed by atoms with E-state index in [0.717, 1.165) is 12.6 Å². The third kappa shape index (κ3) is 5.09. The fraction of sp³-hybridized carbons (Fsp3) is 0.357. The first-order chi connectivity index (χ1) is 8.90. The van der Waals surface area contributed by atoms with Gasteiger partial charge in [-0.2, -0.15) is 0 Å². The fourth-order valence-electron chi connectivity index (χ4n) is 1.57. The van der Waals surface area contributed by atoms with Gasteiger partial charge in [0.1, 0.15) is 5.82 Å². The van der Waals surface area contributed by atoms with E-state index in [-0.39, 0.29) is 5.82 Å². The van der Waals surface area contributed by atoms with Gasteiger partial charge in [0, 0.05) is 26.2 Å². The van der Waals surface area contributed by atoms with Gasteiger partial charge in [-0.25, -0.2) is 9.18 Å². The van der Waals surface area contributed by atoms with Crippen LogP contribution in [0.5, 0.6) is 0 Å². The molecule has 0 fully saturated rings. The number of benzene rings is 1. The number of anilines is 1. The van der Waals surface area contributed by atoms with Gasteiger partial charge >= 0.3 is 5.97 Å². The van der Waals surface area contributed by atoms with E-state index in [2.05, 4.69) is 0 Å². The molecule has 1 aromatic carbocycles. The third-order valence-electron chi connectivity index (χ3n) is 2.68. The molecule has 0 atom stereocenters. The molecule has 104 valence electrons. The predicted molar refractivity (Wildman–Crippen MR) is 74.9 cm³/mol. The van der Waals surface area contributed by atoms with Crippen LogP contribution >= 0.6 is 0 Å². The van der Waals surface area contributed by atoms with Crippen LogP contribution in [0.25, 0.3) is 6.08 Å². The van der Waals surface area contributed by atoms with Crippen molar-refractivity contribution >= 4 is 17.7 Å². The van der Waals surface area contributed by atoms with Crippen LogP contribution in [0.15, 0.2) is 24.3 Å². The van der Waals surface area contributed by atoms with E-state index in [9.17, 15) is 9.18 Å². The molecule has 1 N–H and O–H groups in total. The van der Waals surface area contributed by atoms with Crippen LogP contribution in [0.2, 0.25) is 0 Å². The lowest BCUT2D eigenvalue weighted by Crippen LogP contribution is -2.29. The van der Waals surface area contributed by atoms with Crippen LogP contribution in [-0.2, 0) is 4.79 Å². The zero-order chi connectivity index (χ0) is 14.4. The van der Waals surface area contributed by atoms with Gasteiger partial charge in [-0.3, -0.25) is 0 Å². The number of carboxylic acid groups (broad SMARTS) is 1. The molecule has 0 saturated heterocycles. The maximum atomic E-state index is 13.9. The van der Waals surface area contributed by atoms with E-state index in [0.29, 0.717) is 17.8 Å². The minimum Gasteiger partial charge on any atom is -0.478 e. The number of aliphatic carboxylic acids is 1. The van der Waals surface area contributed by atoms with Gasteiger partial charge < -0.3 is 14.9 Å². The van der Waals surface area contributed by atoms with Crippen LogP contribution < -0.4 is 4.90 Å². The van der Waals surface area contributed by atoms with Crippen molar-refractivity contribution in [1.29, 1.82) is 0 Å². The second kappa shape index (κ2) is 6.89. The summed E-state index contributed by atoms with van der Waals surface area (Å²) in [6.07, 6.45) is 2.36. The lowest BCUT2D eigenvalue weighted by molar-refractivity contribution is -0.131. The number of hydrogen-bond acceptors (Lipinski definition) is 3. The summed E-state index contributed by atoms with van der Waals surface area (Å²) in [7, 11) is 5.75. The Hall–Kier alpha value is -1.88. The molecule has 1 aromatic rings. The Labute approximate surface area is 112 Å². The van der Waals surface area contributed by atoms with Gasteiger partial charge in [-0.05, 0) is 37.9 Å². The number of hydrogen-bond donors (Lipinski definition) is 1. The summed E-state index contributed by atoms with van der Waals surface area (Å²) < 4.78 is 13.9. The van der Waals surface area contributed by atoms with Crippen molar-refractivity contribution in [2.75, 3.05) is 39.1 Å². The van der Waals surface area contributed by atoms with Crippen LogP contribution in [-0.4, -0.2) is 50.2 Å². The number of carbonyl (C=O) groups is 1. The Morgan fingerprint density at radius 1 is 1.32 bits per heavy atom. The average Bonchev–Trinajstić information content (AvgIpc) is 2.33. The number of halogens is 1. The molecule has 0 saturated carbocycles. The molecule has 19 heavy (non-hydrogen) atoms. The summed E-state index contributed by atoms with van der Waals surface area (Å²) in [5.41, 5.74) is 1.04. The SMILES string of the molecule is CN(C)CCN(C)c1ccc(C=CC(=O)O)cc1F. The van der Waals surface area contributed by atoms with Gasteiger partial charge in [-0.1, -0.05) is 6.07 Å². The van der Waals surface area contributed by atoms with E-state index in [1.807, 2.05) is 30.9 Å². The van der Waals surface area contributed by atoms with Crippen molar-refractivity contribution in [3.05, 3.63) is 35.7 Å². The third-order valence-corrected chi connectivity index (χ3v) is 2.68. The largest absolute Gasteiger partial charge is 0.478 e. The van der Waals surface area contributed by atoms with Crippen molar-refractivity contribution in [3.63, 3.8) is 0 Å². The van der Waals surface area contributed by atoms with Crippen molar-refractivity contribution < 1.29 is 14.3 Å². The molecule has 0 aliphatic rings. The number of nitrogens with zero attached hydrogens (tertiary/aromatic N) is 2. The standard InChI is InChI=1S/C14H19FN2O2/c1-16(2)8-9-17(3)13-6-4-11(10-12(13)15)5-7-14(18)19/h4-7,10H,8-9H2,1-3H3,(H,18,19). The smallest absolute Gasteiger partial charge is 0.328 e. The van der Waals surface area contributed by atoms with Gasteiger partial charge in [0.05, 0.1) is 5.69 Å². The molecule has 5 heteroatoms. The number of rotatable bonds is 6. The van der Waals surface area contributed by atoms with Crippen molar-refractivity contribution in [2.45, 2.75) is 0 Å². The summed E-state index contributed by atoms with van der Waals surface area (Å²) in [5, 5.41) is 8.52. The Morgan fingerprint density at radius 2 is 2.00 bits per heavy atom. The Kier molecular flexibility index (Phi) is 5.51. The summed E-state index contributed by atoms with van der Waals surface area (Å²) in [4.78, 5) is 14.2. The Bertz CT molecular complexity index is 473. The highest BCUT2D eigenvalue weighted by molar-refractivity contribution is 5.85. The second-order valence-corrected chi connectivity index (χ2v) is 4.61. The molecule has 0 spiro atoms. The van der Waals surface area contributed by atoms with Crippen LogP contribution in [0.3, 0.4) is 0 Å². The van der Waals surface area contributed by atoms with Crippen LogP contribution in [0, 0.1) is 5.82 Å². The molecule has 0 bridgehead atoms. The van der Waals surface area contributed by atoms with Crippen molar-refractivity contribution in [3.8, 4) is 0 Å². The zero-order valence-corrected chi connectivity index (χ0v) is 11.4. The molecular formula is C14H19FN2O2. The quantitative estimate of drug-likeness (QED) is 0.799. The molecule has 0 aliphatic carbocycles. The molecule has 0 aromatic heterocycles. The monoisotopic (exact) mass is 266 g/mol. The summed E-state index contributed by atoms with van der Waals surface area (Å²) in [5.74, 6) is -1.40. The Morgan fingerprint density at radius 3 is 2.53 bits per heavy atom. The first-order valence-corrected chi connectivity index (χ1v) is 5.96. The highest BCUT2D eigenvalue weighted by atomic mass is 19.1. The molecule has 1 rings (SSSR count). The molecule has 0 unspecified atom stereocenters. The zero-order valence-electron chi connectivity index (χ0n) is 11.4. The fourth-order valence-corrected chi connectivity index (χ4v) is 1.57. The van der Waals surface area contributed by atoms with Gasteiger partial charge in [0.25, 0.3) is 0 Å². The lowest BCUT2D eigenvalue weighted by Gasteiger charge is -2.22. The van der Waals surface area contributed by atoms with E-state index in [1.54, 1.807) is 12.1 Å². The number of carboxylic acids is 1. The summed E-state index contributed by atoms with van der Waals surface area (Å²) >= 11 is 0. The lowest BCUT2D eigenvalue weighted by atomic mass is 10.1. The highest BCUT2D eigenvalue weighted by Crippen LogP contribution is 2.20. The number of likely N-dealkylation sites (N-methyl/N-ethyl adjacent to an activating group) is 2. The first-order valence-electron chi connectivity index (χ1n) is 5.96. The molecule has 0 heterocycles. The van der Waals surface area contributed by atoms with Crippen molar-refractivity contribution in [2.24, 2.45) is 0 Å². The van der Waals surface area contributed by atoms with Crippen LogP contribution in [0.1, 0.15) is 5.56 Å². The Balaban J connectivity index is 2.79. The van der Waals surface area contributed by atoms with Gasteiger partial charge in [0.2, 0.25) is 0 Å².